The predicted molar refractivity (Wildman–Crippen MR) is 66.1 cm³/mol. The number of carbonyl (C=O) groups is 1. The summed E-state index contributed by atoms with van der Waals surface area (Å²) in [5.41, 5.74) is 6.25. The average Bonchev–Trinajstić information content (AvgIpc) is 2.39. The molecule has 0 fully saturated rings. The van der Waals surface area contributed by atoms with E-state index in [2.05, 4.69) is 4.74 Å². The van der Waals surface area contributed by atoms with Gasteiger partial charge in [0.1, 0.15) is 6.61 Å². The Morgan fingerprint density at radius 2 is 1.89 bits per heavy atom. The lowest BCUT2D eigenvalue weighted by Gasteiger charge is -2.13. The summed E-state index contributed by atoms with van der Waals surface area (Å²) in [5, 5.41) is 0. The van der Waals surface area contributed by atoms with Crippen LogP contribution < -0.4 is 15.2 Å². The van der Waals surface area contributed by atoms with Crippen LogP contribution in [0.4, 0.5) is 5.69 Å². The van der Waals surface area contributed by atoms with E-state index in [1.165, 1.54) is 26.4 Å². The van der Waals surface area contributed by atoms with Gasteiger partial charge in [0.15, 0.2) is 11.5 Å². The van der Waals surface area contributed by atoms with Gasteiger partial charge in [0.25, 0.3) is 0 Å². The van der Waals surface area contributed by atoms with Crippen molar-refractivity contribution in [1.82, 2.24) is 0 Å². The van der Waals surface area contributed by atoms with Crippen LogP contribution in [-0.4, -0.2) is 40.5 Å². The minimum Gasteiger partial charge on any atom is -0.493 e. The molecule has 0 bridgehead atoms. The first-order valence-electron chi connectivity index (χ1n) is 5.31. The Morgan fingerprint density at radius 1 is 1.17 bits per heavy atom. The molecule has 6 heteroatoms. The number of hydrogen-bond donors (Lipinski definition) is 1. The molecule has 6 nitrogen and oxygen atoms in total. The van der Waals surface area contributed by atoms with Gasteiger partial charge in [-0.1, -0.05) is 0 Å². The Balaban J connectivity index is 3.02. The van der Waals surface area contributed by atoms with E-state index < -0.39 is 5.97 Å². The van der Waals surface area contributed by atoms with Crippen molar-refractivity contribution >= 4 is 11.7 Å². The second kappa shape index (κ2) is 6.70. The van der Waals surface area contributed by atoms with Gasteiger partial charge in [-0.3, -0.25) is 0 Å². The number of ether oxygens (including phenoxy) is 4. The van der Waals surface area contributed by atoms with Crippen molar-refractivity contribution < 1.29 is 23.7 Å². The molecule has 18 heavy (non-hydrogen) atoms. The summed E-state index contributed by atoms with van der Waals surface area (Å²) in [4.78, 5) is 11.5. The fraction of sp³-hybridized carbons (Fsp3) is 0.417. The van der Waals surface area contributed by atoms with E-state index in [4.69, 9.17) is 19.9 Å². The van der Waals surface area contributed by atoms with Gasteiger partial charge in [-0.2, -0.15) is 0 Å². The predicted octanol–water partition coefficient (Wildman–Crippen LogP) is 1.09. The third-order valence-corrected chi connectivity index (χ3v) is 2.29. The summed E-state index contributed by atoms with van der Waals surface area (Å²) < 4.78 is 20.1. The van der Waals surface area contributed by atoms with Crippen molar-refractivity contribution in [2.45, 2.75) is 0 Å². The maximum atomic E-state index is 11.5. The molecule has 1 aromatic rings. The highest BCUT2D eigenvalue weighted by Gasteiger charge is 2.15. The standard InChI is InChI=1S/C12H17NO5/c1-15-4-5-18-11-6-8(12(14)17-3)9(13)7-10(11)16-2/h6-7H,4-5,13H2,1-3H3. The summed E-state index contributed by atoms with van der Waals surface area (Å²) in [6.07, 6.45) is 0. The zero-order valence-corrected chi connectivity index (χ0v) is 10.7. The molecule has 0 atom stereocenters. The largest absolute Gasteiger partial charge is 0.493 e. The molecule has 0 amide bonds. The van der Waals surface area contributed by atoms with Crippen molar-refractivity contribution in [3.63, 3.8) is 0 Å². The van der Waals surface area contributed by atoms with Crippen LogP contribution in [0.2, 0.25) is 0 Å². The monoisotopic (exact) mass is 255 g/mol. The molecule has 0 saturated carbocycles. The fourth-order valence-corrected chi connectivity index (χ4v) is 1.37. The van der Waals surface area contributed by atoms with Crippen LogP contribution in [0, 0.1) is 0 Å². The van der Waals surface area contributed by atoms with Crippen LogP contribution in [0.5, 0.6) is 11.5 Å². The second-order valence-corrected chi connectivity index (χ2v) is 3.42. The highest BCUT2D eigenvalue weighted by Crippen LogP contribution is 2.32. The SMILES string of the molecule is COCCOc1cc(C(=O)OC)c(N)cc1OC. The van der Waals surface area contributed by atoms with Crippen molar-refractivity contribution in [1.29, 1.82) is 0 Å². The fourth-order valence-electron chi connectivity index (χ4n) is 1.37. The van der Waals surface area contributed by atoms with Crippen LogP contribution in [0.1, 0.15) is 10.4 Å². The second-order valence-electron chi connectivity index (χ2n) is 3.42. The maximum absolute atomic E-state index is 11.5. The zero-order valence-electron chi connectivity index (χ0n) is 10.7. The van der Waals surface area contributed by atoms with Crippen molar-refractivity contribution in [2.24, 2.45) is 0 Å². The van der Waals surface area contributed by atoms with Gasteiger partial charge < -0.3 is 24.7 Å². The van der Waals surface area contributed by atoms with Gasteiger partial charge in [0.05, 0.1) is 32.1 Å². The molecule has 0 radical (unpaired) electrons. The molecule has 0 spiro atoms. The van der Waals surface area contributed by atoms with Gasteiger partial charge in [0.2, 0.25) is 0 Å². The number of nitrogens with two attached hydrogens (primary N) is 1. The summed E-state index contributed by atoms with van der Waals surface area (Å²) >= 11 is 0. The lowest BCUT2D eigenvalue weighted by Crippen LogP contribution is -2.09. The number of benzene rings is 1. The Labute approximate surface area is 106 Å². The smallest absolute Gasteiger partial charge is 0.340 e. The number of nitrogen functional groups attached to an aromatic ring is 1. The highest BCUT2D eigenvalue weighted by molar-refractivity contribution is 5.96. The lowest BCUT2D eigenvalue weighted by atomic mass is 10.1. The summed E-state index contributed by atoms with van der Waals surface area (Å²) in [7, 11) is 4.36. The van der Waals surface area contributed by atoms with E-state index in [1.807, 2.05) is 0 Å². The number of carbonyl (C=O) groups excluding carboxylic acids is 1. The van der Waals surface area contributed by atoms with E-state index >= 15 is 0 Å². The molecule has 0 aliphatic carbocycles. The molecule has 0 heterocycles. The molecule has 100 valence electrons. The molecule has 2 N–H and O–H groups in total. The summed E-state index contributed by atoms with van der Waals surface area (Å²) in [6.45, 7) is 0.776. The van der Waals surface area contributed by atoms with E-state index in [0.717, 1.165) is 0 Å². The highest BCUT2D eigenvalue weighted by atomic mass is 16.5. The summed E-state index contributed by atoms with van der Waals surface area (Å²) in [6, 6.07) is 3.02. The van der Waals surface area contributed by atoms with Crippen LogP contribution in [0.15, 0.2) is 12.1 Å². The molecule has 1 aromatic carbocycles. The summed E-state index contributed by atoms with van der Waals surface area (Å²) in [5.74, 6) is 0.354. The molecule has 0 saturated heterocycles. The molecule has 0 aromatic heterocycles. The van der Waals surface area contributed by atoms with Gasteiger partial charge >= 0.3 is 5.97 Å². The minimum atomic E-state index is -0.522. The number of hydrogen-bond acceptors (Lipinski definition) is 6. The molecule has 0 aliphatic rings. The zero-order chi connectivity index (χ0) is 13.5. The van der Waals surface area contributed by atoms with Crippen LogP contribution in [-0.2, 0) is 9.47 Å². The molecule has 0 aliphatic heterocycles. The van der Waals surface area contributed by atoms with Crippen molar-refractivity contribution in [2.75, 3.05) is 40.3 Å². The Hall–Kier alpha value is -1.95. The number of anilines is 1. The number of methoxy groups -OCH3 is 3. The van der Waals surface area contributed by atoms with E-state index in [1.54, 1.807) is 7.11 Å². The Bertz CT molecular complexity index is 419. The van der Waals surface area contributed by atoms with Gasteiger partial charge in [0, 0.05) is 19.2 Å². The molecule has 1 rings (SSSR count). The van der Waals surface area contributed by atoms with Crippen LogP contribution >= 0.6 is 0 Å². The third kappa shape index (κ3) is 3.27. The lowest BCUT2D eigenvalue weighted by molar-refractivity contribution is 0.0601. The third-order valence-electron chi connectivity index (χ3n) is 2.29. The van der Waals surface area contributed by atoms with Gasteiger partial charge in [-0.15, -0.1) is 0 Å². The quantitative estimate of drug-likeness (QED) is 0.465. The average molecular weight is 255 g/mol. The van der Waals surface area contributed by atoms with Crippen molar-refractivity contribution in [3.8, 4) is 11.5 Å². The van der Waals surface area contributed by atoms with E-state index in [9.17, 15) is 4.79 Å². The van der Waals surface area contributed by atoms with Gasteiger partial charge in [-0.25, -0.2) is 4.79 Å². The van der Waals surface area contributed by atoms with Crippen LogP contribution in [0.3, 0.4) is 0 Å². The van der Waals surface area contributed by atoms with E-state index in [0.29, 0.717) is 24.7 Å². The Kier molecular flexibility index (Phi) is 5.26. The number of esters is 1. The normalized spacial score (nSPS) is 9.94. The van der Waals surface area contributed by atoms with Crippen LogP contribution in [0.25, 0.3) is 0 Å². The molecular formula is C12H17NO5. The van der Waals surface area contributed by atoms with E-state index in [-0.39, 0.29) is 11.3 Å². The minimum absolute atomic E-state index is 0.241. The van der Waals surface area contributed by atoms with Gasteiger partial charge in [-0.05, 0) is 0 Å². The first kappa shape index (κ1) is 14.1. The molecule has 0 unspecified atom stereocenters. The Morgan fingerprint density at radius 3 is 2.44 bits per heavy atom. The topological polar surface area (TPSA) is 80.0 Å². The maximum Gasteiger partial charge on any atom is 0.340 e. The first-order chi connectivity index (χ1) is 8.63. The first-order valence-corrected chi connectivity index (χ1v) is 5.31. The molecular weight excluding hydrogens is 238 g/mol. The number of rotatable bonds is 6. The van der Waals surface area contributed by atoms with Crippen molar-refractivity contribution in [3.05, 3.63) is 17.7 Å².